The van der Waals surface area contributed by atoms with Gasteiger partial charge in [0.25, 0.3) is 12.3 Å². The van der Waals surface area contributed by atoms with E-state index >= 15 is 0 Å². The number of nitrogens with one attached hydrogen (secondary N) is 2. The van der Waals surface area contributed by atoms with Crippen LogP contribution < -0.4 is 10.6 Å². The predicted octanol–water partition coefficient (Wildman–Crippen LogP) is 7.38. The van der Waals surface area contributed by atoms with E-state index in [0.29, 0.717) is 6.07 Å². The van der Waals surface area contributed by atoms with Gasteiger partial charge in [0.15, 0.2) is 11.6 Å². The van der Waals surface area contributed by atoms with Crippen molar-refractivity contribution >= 4 is 69.7 Å². The molecule has 0 unspecified atom stereocenters. The summed E-state index contributed by atoms with van der Waals surface area (Å²) in [5, 5.41) is 4.73. The highest BCUT2D eigenvalue weighted by molar-refractivity contribution is 6.53. The summed E-state index contributed by atoms with van der Waals surface area (Å²) in [6.45, 7) is 0. The summed E-state index contributed by atoms with van der Waals surface area (Å²) in [5.74, 6) is -5.91. The van der Waals surface area contributed by atoms with E-state index in [2.05, 4.69) is 15.6 Å². The molecule has 2 atom stereocenters. The first-order chi connectivity index (χ1) is 16.9. The summed E-state index contributed by atoms with van der Waals surface area (Å²) >= 11 is 24.6. The lowest BCUT2D eigenvalue weighted by Gasteiger charge is -2.10. The average molecular weight is 581 g/mol. The third-order valence-electron chi connectivity index (χ3n) is 5.41. The first kappa shape index (κ1) is 26.5. The van der Waals surface area contributed by atoms with Crippen molar-refractivity contribution in [2.75, 3.05) is 10.6 Å². The van der Waals surface area contributed by atoms with Crippen LogP contribution in [0, 0.1) is 17.6 Å². The number of hydrogen-bond donors (Lipinski definition) is 2. The second-order valence-corrected chi connectivity index (χ2v) is 10.2. The third kappa shape index (κ3) is 5.39. The zero-order chi connectivity index (χ0) is 26.4. The largest absolute Gasteiger partial charge is 0.326 e. The number of alkyl halides is 4. The molecule has 36 heavy (non-hydrogen) atoms. The lowest BCUT2D eigenvalue weighted by molar-refractivity contribution is -0.117. The number of amides is 2. The van der Waals surface area contributed by atoms with Crippen LogP contribution in [-0.4, -0.2) is 21.1 Å². The van der Waals surface area contributed by atoms with Gasteiger partial charge in [-0.2, -0.15) is 0 Å². The fourth-order valence-electron chi connectivity index (χ4n) is 3.69. The summed E-state index contributed by atoms with van der Waals surface area (Å²) < 4.78 is 51.6. The molecule has 188 valence electrons. The van der Waals surface area contributed by atoms with E-state index in [-0.39, 0.29) is 32.4 Å². The normalized spacial score (nSPS) is 18.1. The number of nitrogens with zero attached hydrogens (tertiary/aromatic N) is 1. The molecule has 1 aromatic heterocycles. The number of pyridine rings is 1. The second kappa shape index (κ2) is 10.0. The molecule has 13 heteroatoms. The van der Waals surface area contributed by atoms with Crippen LogP contribution in [0.3, 0.4) is 0 Å². The fraction of sp³-hybridized carbons (Fsp3) is 0.174. The maximum atomic E-state index is 13.8. The first-order valence-electron chi connectivity index (χ1n) is 10.1. The van der Waals surface area contributed by atoms with E-state index in [1.165, 1.54) is 30.3 Å². The number of aromatic nitrogens is 1. The van der Waals surface area contributed by atoms with Crippen molar-refractivity contribution in [2.24, 2.45) is 5.92 Å². The Balaban J connectivity index is 1.52. The molecule has 1 saturated carbocycles. The summed E-state index contributed by atoms with van der Waals surface area (Å²) in [4.78, 5) is 29.0. The highest BCUT2D eigenvalue weighted by atomic mass is 35.5. The lowest BCUT2D eigenvalue weighted by Crippen LogP contribution is -2.19. The van der Waals surface area contributed by atoms with Gasteiger partial charge in [0, 0.05) is 28.3 Å². The van der Waals surface area contributed by atoms with Crippen molar-refractivity contribution in [2.45, 2.75) is 16.7 Å². The van der Waals surface area contributed by atoms with E-state index in [4.69, 9.17) is 46.4 Å². The van der Waals surface area contributed by atoms with Gasteiger partial charge in [-0.15, -0.1) is 23.2 Å². The van der Waals surface area contributed by atoms with Crippen molar-refractivity contribution in [3.05, 3.63) is 87.0 Å². The van der Waals surface area contributed by atoms with Crippen molar-refractivity contribution in [3.63, 3.8) is 0 Å². The quantitative estimate of drug-likeness (QED) is 0.236. The minimum atomic E-state index is -2.79. The topological polar surface area (TPSA) is 71.1 Å². The molecule has 3 aromatic rings. The van der Waals surface area contributed by atoms with Crippen molar-refractivity contribution < 1.29 is 27.2 Å². The smallest absolute Gasteiger partial charge is 0.263 e. The Bertz CT molecular complexity index is 1370. The van der Waals surface area contributed by atoms with Crippen LogP contribution >= 0.6 is 46.4 Å². The molecule has 4 rings (SSSR count). The molecular formula is C23H13Cl4F4N3O2. The maximum Gasteiger partial charge on any atom is 0.263 e. The highest BCUT2D eigenvalue weighted by Crippen LogP contribution is 2.65. The number of benzene rings is 2. The third-order valence-corrected chi connectivity index (χ3v) is 6.90. The number of rotatable bonds is 6. The van der Waals surface area contributed by atoms with E-state index in [0.717, 1.165) is 12.3 Å². The zero-order valence-corrected chi connectivity index (χ0v) is 20.7. The molecule has 1 fully saturated rings. The van der Waals surface area contributed by atoms with Gasteiger partial charge in [-0.1, -0.05) is 23.2 Å². The van der Waals surface area contributed by atoms with Crippen LogP contribution in [0.25, 0.3) is 0 Å². The Hall–Kier alpha value is -2.59. The summed E-state index contributed by atoms with van der Waals surface area (Å²) in [7, 11) is 0. The molecule has 1 aliphatic rings. The van der Waals surface area contributed by atoms with Gasteiger partial charge >= 0.3 is 0 Å². The molecule has 0 aliphatic heterocycles. The molecule has 5 nitrogen and oxygen atoms in total. The minimum absolute atomic E-state index is 0.0280. The summed E-state index contributed by atoms with van der Waals surface area (Å²) in [6, 6.07) is 8.15. The first-order valence-corrected chi connectivity index (χ1v) is 11.6. The SMILES string of the molecule is O=C(Nc1ncc(F)cc1F)c1cc(NC(=O)[C@H]2[C@H](c3cc(Cl)cc(C(F)F)c3)C2(Cl)Cl)ccc1Cl. The Morgan fingerprint density at radius 1 is 1.00 bits per heavy atom. The number of hydrogen-bond acceptors (Lipinski definition) is 3. The monoisotopic (exact) mass is 579 g/mol. The van der Waals surface area contributed by atoms with Gasteiger partial charge in [-0.25, -0.2) is 22.5 Å². The molecule has 1 aliphatic carbocycles. The van der Waals surface area contributed by atoms with Gasteiger partial charge in [-0.3, -0.25) is 9.59 Å². The van der Waals surface area contributed by atoms with E-state index in [1.807, 2.05) is 0 Å². The van der Waals surface area contributed by atoms with Gasteiger partial charge in [0.2, 0.25) is 5.91 Å². The summed E-state index contributed by atoms with van der Waals surface area (Å²) in [5.41, 5.74) is -0.0934. The van der Waals surface area contributed by atoms with E-state index in [9.17, 15) is 27.2 Å². The standard InChI is InChI=1S/C23H13Cl4F4N3O2/c24-11-4-9(3-10(5-11)19(30)31)17-18(23(17,26)27)22(36)33-13-1-2-15(25)14(7-13)21(35)34-20-16(29)6-12(28)8-32-20/h1-8,17-19H,(H,33,36)(H,32,34,35)/t17-,18+/m0/s1. The molecule has 0 bridgehead atoms. The van der Waals surface area contributed by atoms with Gasteiger partial charge in [0.1, 0.15) is 10.2 Å². The molecule has 2 aromatic carbocycles. The summed E-state index contributed by atoms with van der Waals surface area (Å²) in [6.07, 6.45) is -2.07. The van der Waals surface area contributed by atoms with Gasteiger partial charge in [-0.05, 0) is 42.0 Å². The van der Waals surface area contributed by atoms with Gasteiger partial charge in [0.05, 0.1) is 22.7 Å². The number of carbonyl (C=O) groups is 2. The fourth-order valence-corrected chi connectivity index (χ4v) is 4.97. The molecule has 0 spiro atoms. The average Bonchev–Trinajstić information content (AvgIpc) is 3.38. The van der Waals surface area contributed by atoms with Crippen LogP contribution in [0.1, 0.15) is 33.8 Å². The minimum Gasteiger partial charge on any atom is -0.326 e. The second-order valence-electron chi connectivity index (χ2n) is 7.87. The number of anilines is 2. The highest BCUT2D eigenvalue weighted by Gasteiger charge is 2.67. The molecule has 0 radical (unpaired) electrons. The molecule has 0 saturated heterocycles. The van der Waals surface area contributed by atoms with Crippen LogP contribution in [0.2, 0.25) is 10.0 Å². The van der Waals surface area contributed by atoms with Crippen molar-refractivity contribution in [1.29, 1.82) is 0 Å². The van der Waals surface area contributed by atoms with E-state index in [1.54, 1.807) is 0 Å². The van der Waals surface area contributed by atoms with Gasteiger partial charge < -0.3 is 10.6 Å². The molecule has 1 heterocycles. The zero-order valence-electron chi connectivity index (χ0n) is 17.6. The Labute approximate surface area is 221 Å². The van der Waals surface area contributed by atoms with Crippen LogP contribution in [0.4, 0.5) is 29.1 Å². The van der Waals surface area contributed by atoms with Crippen molar-refractivity contribution in [3.8, 4) is 0 Å². The molecule has 2 N–H and O–H groups in total. The number of halogens is 8. The lowest BCUT2D eigenvalue weighted by atomic mass is 10.1. The maximum absolute atomic E-state index is 13.8. The molecule has 2 amide bonds. The van der Waals surface area contributed by atoms with Crippen LogP contribution in [0.5, 0.6) is 0 Å². The van der Waals surface area contributed by atoms with Crippen molar-refractivity contribution in [1.82, 2.24) is 4.98 Å². The molecular weight excluding hydrogens is 568 g/mol. The predicted molar refractivity (Wildman–Crippen MR) is 129 cm³/mol. The Morgan fingerprint density at radius 2 is 1.72 bits per heavy atom. The number of carbonyl (C=O) groups excluding carboxylic acids is 2. The Kier molecular flexibility index (Phi) is 7.39. The van der Waals surface area contributed by atoms with Crippen LogP contribution in [-0.2, 0) is 4.79 Å². The Morgan fingerprint density at radius 3 is 2.39 bits per heavy atom. The van der Waals surface area contributed by atoms with E-state index < -0.39 is 51.9 Å². The van der Waals surface area contributed by atoms with Crippen LogP contribution in [0.15, 0.2) is 48.7 Å².